The molecule has 7 nitrogen and oxygen atoms in total. The monoisotopic (exact) mass is 541 g/mol. The maximum atomic E-state index is 12.6. The van der Waals surface area contributed by atoms with Crippen molar-refractivity contribution in [2.75, 3.05) is 5.73 Å². The smallest absolute Gasteiger partial charge is 0.275 e. The quantitative estimate of drug-likeness (QED) is 0.394. The third kappa shape index (κ3) is 5.50. The molecule has 1 aromatic heterocycles. The van der Waals surface area contributed by atoms with Crippen molar-refractivity contribution in [3.05, 3.63) is 83.0 Å². The Kier molecular flexibility index (Phi) is 6.79. The van der Waals surface area contributed by atoms with Gasteiger partial charge in [-0.2, -0.15) is 5.10 Å². The Bertz CT molecular complexity index is 1170. The Morgan fingerprint density at radius 1 is 1.09 bits per heavy atom. The van der Waals surface area contributed by atoms with Gasteiger partial charge in [0.1, 0.15) is 17.3 Å². The van der Waals surface area contributed by atoms with Gasteiger partial charge in [-0.1, -0.05) is 30.3 Å². The first-order valence-electron chi connectivity index (χ1n) is 10.1. The molecule has 2 heterocycles. The van der Waals surface area contributed by atoms with Gasteiger partial charge in [0.15, 0.2) is 3.63 Å². The highest BCUT2D eigenvalue weighted by molar-refractivity contribution is 14.2. The van der Waals surface area contributed by atoms with Crippen molar-refractivity contribution in [1.82, 2.24) is 15.7 Å². The minimum Gasteiger partial charge on any atom is -0.457 e. The maximum absolute atomic E-state index is 12.6. The zero-order valence-corrected chi connectivity index (χ0v) is 20.0. The molecule has 0 atom stereocenters. The lowest BCUT2D eigenvalue weighted by atomic mass is 10.1. The van der Waals surface area contributed by atoms with Crippen molar-refractivity contribution in [2.24, 2.45) is 5.10 Å². The van der Waals surface area contributed by atoms with Gasteiger partial charge in [0, 0.05) is 18.7 Å². The number of nitrogen functional groups attached to an aromatic ring is 1. The summed E-state index contributed by atoms with van der Waals surface area (Å²) in [6.45, 7) is 4.28. The summed E-state index contributed by atoms with van der Waals surface area (Å²) < 4.78 is 7.51. The summed E-state index contributed by atoms with van der Waals surface area (Å²) in [5.74, 6) is 1.97. The number of nitrogens with zero attached hydrogens (tertiary/aromatic N) is 2. The largest absolute Gasteiger partial charge is 0.457 e. The summed E-state index contributed by atoms with van der Waals surface area (Å²) in [6.07, 6.45) is 0.711. The van der Waals surface area contributed by atoms with E-state index in [1.807, 2.05) is 74.5 Å². The number of pyridine rings is 1. The second-order valence-electron chi connectivity index (χ2n) is 7.35. The standard InChI is InChI=1S/C24H24IN5O2/c1-15-12-22(26)28-16(2)20(15)14-27-24(31)23-25-21(29-30-23)13-17-8-10-19(11-9-17)32-18-6-4-3-5-7-18/h3-12,30H,13-14H2,1-2H3,(H2,26,28)(H,27,31). The Morgan fingerprint density at radius 2 is 1.81 bits per heavy atom. The van der Waals surface area contributed by atoms with E-state index in [4.69, 9.17) is 10.5 Å². The number of carbonyl (C=O) groups is 1. The number of para-hydroxylation sites is 1. The molecule has 8 heteroatoms. The number of aryl methyl sites for hydroxylation is 2. The van der Waals surface area contributed by atoms with Gasteiger partial charge in [-0.25, -0.2) is 4.98 Å². The molecule has 0 bridgehead atoms. The molecule has 2 aromatic carbocycles. The molecular weight excluding hydrogens is 517 g/mol. The maximum Gasteiger partial charge on any atom is 0.275 e. The van der Waals surface area contributed by atoms with Crippen LogP contribution in [-0.4, -0.2) is 18.2 Å². The molecule has 4 N–H and O–H groups in total. The van der Waals surface area contributed by atoms with E-state index in [2.05, 4.69) is 20.8 Å². The van der Waals surface area contributed by atoms with Gasteiger partial charge in [-0.3, -0.25) is 10.2 Å². The molecule has 164 valence electrons. The summed E-state index contributed by atoms with van der Waals surface area (Å²) in [4.78, 5) is 16.9. The number of ether oxygens (including phenoxy) is 1. The normalized spacial score (nSPS) is 12.8. The number of carbonyl (C=O) groups excluding carboxylic acids is 1. The van der Waals surface area contributed by atoms with Crippen molar-refractivity contribution in [2.45, 2.75) is 26.8 Å². The fourth-order valence-electron chi connectivity index (χ4n) is 3.30. The lowest BCUT2D eigenvalue weighted by Gasteiger charge is -2.11. The number of rotatable bonds is 7. The van der Waals surface area contributed by atoms with E-state index in [-0.39, 0.29) is 5.91 Å². The van der Waals surface area contributed by atoms with Crippen LogP contribution in [-0.2, 0) is 17.8 Å². The van der Waals surface area contributed by atoms with E-state index in [0.29, 0.717) is 22.4 Å². The number of nitrogens with two attached hydrogens (primary N) is 1. The molecular formula is C24H24IN5O2. The van der Waals surface area contributed by atoms with E-state index < -0.39 is 20.7 Å². The number of aromatic nitrogens is 1. The Hall–Kier alpha value is -3.27. The summed E-state index contributed by atoms with van der Waals surface area (Å²) >= 11 is -0.631. The number of hydrazone groups is 1. The number of anilines is 1. The summed E-state index contributed by atoms with van der Waals surface area (Å²) in [5.41, 5.74) is 12.7. The number of nitrogens with one attached hydrogen (secondary N) is 2. The number of amides is 1. The highest BCUT2D eigenvalue weighted by atomic mass is 127. The molecule has 1 aliphatic rings. The van der Waals surface area contributed by atoms with Crippen LogP contribution in [0.15, 0.2) is 65.8 Å². The van der Waals surface area contributed by atoms with Crippen LogP contribution in [0.4, 0.5) is 5.82 Å². The molecule has 32 heavy (non-hydrogen) atoms. The van der Waals surface area contributed by atoms with Crippen LogP contribution in [0.3, 0.4) is 0 Å². The summed E-state index contributed by atoms with van der Waals surface area (Å²) in [5, 5.41) is 7.36. The van der Waals surface area contributed by atoms with Crippen LogP contribution in [0.1, 0.15) is 22.4 Å². The molecule has 3 aromatic rings. The first-order valence-corrected chi connectivity index (χ1v) is 12.3. The minimum absolute atomic E-state index is 0.112. The minimum atomic E-state index is -0.631. The molecule has 0 radical (unpaired) electrons. The van der Waals surface area contributed by atoms with E-state index in [1.54, 1.807) is 0 Å². The molecule has 0 saturated carbocycles. The van der Waals surface area contributed by atoms with Crippen LogP contribution in [0.25, 0.3) is 0 Å². The van der Waals surface area contributed by atoms with Crippen molar-refractivity contribution >= 4 is 39.8 Å². The van der Waals surface area contributed by atoms with Crippen LogP contribution in [0.2, 0.25) is 0 Å². The van der Waals surface area contributed by atoms with Crippen molar-refractivity contribution in [1.29, 1.82) is 0 Å². The first kappa shape index (κ1) is 21.9. The van der Waals surface area contributed by atoms with Crippen molar-refractivity contribution in [3.63, 3.8) is 0 Å². The van der Waals surface area contributed by atoms with E-state index in [1.165, 1.54) is 0 Å². The van der Waals surface area contributed by atoms with Gasteiger partial charge < -0.3 is 15.8 Å². The molecule has 1 aliphatic heterocycles. The topological polar surface area (TPSA) is 102 Å². The molecule has 4 rings (SSSR count). The van der Waals surface area contributed by atoms with E-state index in [0.717, 1.165) is 37.6 Å². The molecule has 0 saturated heterocycles. The Balaban J connectivity index is 1.32. The van der Waals surface area contributed by atoms with Gasteiger partial charge in [0.05, 0.1) is 3.72 Å². The van der Waals surface area contributed by atoms with Crippen molar-refractivity contribution < 1.29 is 9.53 Å². The molecule has 0 spiro atoms. The van der Waals surface area contributed by atoms with Crippen LogP contribution in [0, 0.1) is 13.8 Å². The average molecular weight is 541 g/mol. The van der Waals surface area contributed by atoms with Crippen LogP contribution < -0.4 is 21.2 Å². The van der Waals surface area contributed by atoms with Crippen LogP contribution >= 0.6 is 20.7 Å². The predicted molar refractivity (Wildman–Crippen MR) is 136 cm³/mol. The second kappa shape index (κ2) is 9.90. The summed E-state index contributed by atoms with van der Waals surface area (Å²) in [6, 6.07) is 19.5. The average Bonchev–Trinajstić information content (AvgIpc) is 3.23. The number of benzene rings is 2. The molecule has 0 fully saturated rings. The molecule has 1 amide bonds. The van der Waals surface area contributed by atoms with Gasteiger partial charge in [0.25, 0.3) is 5.91 Å². The highest BCUT2D eigenvalue weighted by Gasteiger charge is 2.17. The number of hydrogen-bond acceptors (Lipinski definition) is 6. The molecule has 0 aliphatic carbocycles. The second-order valence-corrected chi connectivity index (χ2v) is 10.2. The fourth-order valence-corrected chi connectivity index (χ4v) is 5.47. The number of halogens is 1. The summed E-state index contributed by atoms with van der Waals surface area (Å²) in [7, 11) is 0. The third-order valence-electron chi connectivity index (χ3n) is 4.93. The van der Waals surface area contributed by atoms with E-state index in [9.17, 15) is 4.79 Å². The fraction of sp³-hybridized carbons (Fsp3) is 0.167. The SMILES string of the molecule is Cc1cc(N)nc(C)c1CNC(=O)C1=IC(Cc2ccc(Oc3ccccc3)cc2)=NN1. The van der Waals surface area contributed by atoms with E-state index >= 15 is 0 Å². The van der Waals surface area contributed by atoms with Crippen LogP contribution in [0.5, 0.6) is 11.5 Å². The first-order chi connectivity index (χ1) is 15.5. The highest BCUT2D eigenvalue weighted by Crippen LogP contribution is 2.23. The van der Waals surface area contributed by atoms with Gasteiger partial charge in [-0.05, 0) is 81.6 Å². The predicted octanol–water partition coefficient (Wildman–Crippen LogP) is 3.95. The Morgan fingerprint density at radius 3 is 2.53 bits per heavy atom. The Labute approximate surface area is 196 Å². The lowest BCUT2D eigenvalue weighted by Crippen LogP contribution is -2.35. The zero-order chi connectivity index (χ0) is 22.5. The van der Waals surface area contributed by atoms with Crippen molar-refractivity contribution in [3.8, 4) is 11.5 Å². The van der Waals surface area contributed by atoms with Gasteiger partial charge in [0.2, 0.25) is 0 Å². The zero-order valence-electron chi connectivity index (χ0n) is 17.9. The molecule has 0 unspecified atom stereocenters. The third-order valence-corrected chi connectivity index (χ3v) is 7.45. The lowest BCUT2D eigenvalue weighted by molar-refractivity contribution is -0.114. The van der Waals surface area contributed by atoms with Gasteiger partial charge in [-0.15, -0.1) is 0 Å². The van der Waals surface area contributed by atoms with Gasteiger partial charge >= 0.3 is 0 Å². The number of hydrogen-bond donors (Lipinski definition) is 3.